The second kappa shape index (κ2) is 12.2. The largest absolute Gasteiger partial charge is 0.0617 e. The molecule has 0 heterocycles. The second-order valence-electron chi connectivity index (χ2n) is 17.0. The molecule has 258 valence electrons. The molecule has 0 spiro atoms. The van der Waals surface area contributed by atoms with Crippen molar-refractivity contribution in [3.05, 3.63) is 176 Å². The Labute approximate surface area is 307 Å². The second-order valence-corrected chi connectivity index (χ2v) is 17.0. The van der Waals surface area contributed by atoms with E-state index in [2.05, 4.69) is 192 Å². The topological polar surface area (TPSA) is 0 Å². The highest BCUT2D eigenvalue weighted by atomic mass is 14.4. The summed E-state index contributed by atoms with van der Waals surface area (Å²) in [4.78, 5) is 0. The van der Waals surface area contributed by atoms with Gasteiger partial charge in [-0.05, 0) is 125 Å². The smallest absolute Gasteiger partial charge is 0.0159 e. The Balaban J connectivity index is 0.000000119. The molecular weight excluding hydrogens is 613 g/mol. The van der Waals surface area contributed by atoms with Crippen molar-refractivity contribution in [1.29, 1.82) is 0 Å². The molecule has 6 aromatic rings. The van der Waals surface area contributed by atoms with E-state index >= 15 is 0 Å². The van der Waals surface area contributed by atoms with Crippen molar-refractivity contribution in [2.45, 2.75) is 99.3 Å². The fourth-order valence-corrected chi connectivity index (χ4v) is 9.28. The Kier molecular flexibility index (Phi) is 8.33. The van der Waals surface area contributed by atoms with Gasteiger partial charge in [-0.15, -0.1) is 0 Å². The lowest BCUT2D eigenvalue weighted by Gasteiger charge is -2.21. The van der Waals surface area contributed by atoms with Crippen molar-refractivity contribution in [3.63, 3.8) is 0 Å². The average molecular weight is 667 g/mol. The summed E-state index contributed by atoms with van der Waals surface area (Å²) in [7, 11) is 0. The minimum absolute atomic E-state index is 0.142. The fraction of sp³-hybridized carbons (Fsp3) is 0.294. The van der Waals surface area contributed by atoms with Gasteiger partial charge in [0.25, 0.3) is 0 Å². The minimum Gasteiger partial charge on any atom is -0.0617 e. The highest BCUT2D eigenvalue weighted by molar-refractivity contribution is 5.86. The van der Waals surface area contributed by atoms with Crippen LogP contribution in [0.4, 0.5) is 0 Å². The fourth-order valence-electron chi connectivity index (χ4n) is 9.28. The van der Waals surface area contributed by atoms with Gasteiger partial charge in [0.2, 0.25) is 0 Å². The van der Waals surface area contributed by atoms with E-state index < -0.39 is 0 Å². The third-order valence-corrected chi connectivity index (χ3v) is 12.2. The number of hydrogen-bond acceptors (Lipinski definition) is 0. The van der Waals surface area contributed by atoms with E-state index in [-0.39, 0.29) is 16.2 Å². The molecule has 6 aromatic carbocycles. The van der Waals surface area contributed by atoms with Crippen LogP contribution in [-0.2, 0) is 16.2 Å². The van der Waals surface area contributed by atoms with E-state index in [1.54, 1.807) is 0 Å². The first kappa shape index (κ1) is 34.8. The lowest BCUT2D eigenvalue weighted by Crippen LogP contribution is -2.14. The molecule has 0 radical (unpaired) electrons. The molecular formula is C51H54. The van der Waals surface area contributed by atoms with Crippen LogP contribution in [0.1, 0.15) is 108 Å². The SMILES string of the molecule is Cc1ccc2c(c1)-c1c(C)cccc1C2(C)C.Cc1ccc2c(c1)-c1cc(C)ccc1C2(C)C.Cc1cccc2c1-c1c(C)cccc1C2(C)C. The Morgan fingerprint density at radius 2 is 0.588 bits per heavy atom. The number of fused-ring (bicyclic) bond motifs is 9. The van der Waals surface area contributed by atoms with E-state index in [4.69, 9.17) is 0 Å². The Hall–Kier alpha value is -4.68. The molecule has 0 aliphatic heterocycles. The van der Waals surface area contributed by atoms with Gasteiger partial charge in [0.05, 0.1) is 0 Å². The predicted octanol–water partition coefficient (Wildman–Crippen LogP) is 13.8. The van der Waals surface area contributed by atoms with Gasteiger partial charge in [-0.25, -0.2) is 0 Å². The maximum absolute atomic E-state index is 2.33. The summed E-state index contributed by atoms with van der Waals surface area (Å²) in [6.45, 7) is 27.1. The van der Waals surface area contributed by atoms with Gasteiger partial charge in [-0.1, -0.05) is 167 Å². The van der Waals surface area contributed by atoms with Crippen LogP contribution in [0.25, 0.3) is 33.4 Å². The first-order chi connectivity index (χ1) is 24.0. The molecule has 0 amide bonds. The number of aryl methyl sites for hydroxylation is 6. The van der Waals surface area contributed by atoms with Crippen molar-refractivity contribution in [2.75, 3.05) is 0 Å². The number of hydrogen-bond donors (Lipinski definition) is 0. The van der Waals surface area contributed by atoms with Crippen molar-refractivity contribution < 1.29 is 0 Å². The number of rotatable bonds is 0. The Morgan fingerprint density at radius 3 is 1.00 bits per heavy atom. The Bertz CT molecular complexity index is 2230. The van der Waals surface area contributed by atoms with Gasteiger partial charge in [-0.3, -0.25) is 0 Å². The molecule has 3 aliphatic rings. The molecule has 9 rings (SSSR count). The summed E-state index contributed by atoms with van der Waals surface area (Å²) in [5.41, 5.74) is 26.1. The molecule has 0 bridgehead atoms. The van der Waals surface area contributed by atoms with Gasteiger partial charge in [0, 0.05) is 16.2 Å². The lowest BCUT2D eigenvalue weighted by atomic mass is 9.82. The van der Waals surface area contributed by atoms with E-state index in [9.17, 15) is 0 Å². The van der Waals surface area contributed by atoms with Crippen molar-refractivity contribution in [3.8, 4) is 33.4 Å². The molecule has 0 N–H and O–H groups in total. The quantitative estimate of drug-likeness (QED) is 0.151. The van der Waals surface area contributed by atoms with E-state index in [0.717, 1.165) is 0 Å². The van der Waals surface area contributed by atoms with Crippen LogP contribution in [0.3, 0.4) is 0 Å². The summed E-state index contributed by atoms with van der Waals surface area (Å²) >= 11 is 0. The van der Waals surface area contributed by atoms with Gasteiger partial charge < -0.3 is 0 Å². The third kappa shape index (κ3) is 5.50. The summed E-state index contributed by atoms with van der Waals surface area (Å²) in [6, 6.07) is 40.5. The van der Waals surface area contributed by atoms with E-state index in [0.29, 0.717) is 0 Å². The lowest BCUT2D eigenvalue weighted by molar-refractivity contribution is 0.660. The highest BCUT2D eigenvalue weighted by Gasteiger charge is 2.38. The summed E-state index contributed by atoms with van der Waals surface area (Å²) in [5.74, 6) is 0. The van der Waals surface area contributed by atoms with E-state index in [1.165, 1.54) is 100 Å². The first-order valence-electron chi connectivity index (χ1n) is 18.7. The molecule has 0 saturated carbocycles. The summed E-state index contributed by atoms with van der Waals surface area (Å²) < 4.78 is 0. The first-order valence-corrected chi connectivity index (χ1v) is 18.7. The third-order valence-electron chi connectivity index (χ3n) is 12.2. The molecule has 0 saturated heterocycles. The molecule has 3 aliphatic carbocycles. The van der Waals surface area contributed by atoms with Crippen molar-refractivity contribution >= 4 is 0 Å². The summed E-state index contributed by atoms with van der Waals surface area (Å²) in [5, 5.41) is 0. The van der Waals surface area contributed by atoms with Crippen LogP contribution in [-0.4, -0.2) is 0 Å². The normalized spacial score (nSPS) is 15.5. The molecule has 0 fully saturated rings. The van der Waals surface area contributed by atoms with Crippen LogP contribution >= 0.6 is 0 Å². The molecule has 0 heteroatoms. The molecule has 0 atom stereocenters. The standard InChI is InChI=1S/3C17H18/c1-11-5-7-15-13(9-11)14-10-12(2)6-8-16(14)17(15,3)4;1-11-7-5-9-13-15(11)16-12(2)8-6-10-14(16)17(13,3)4;1-11-8-9-14-13(10-11)16-12(2)6-5-7-15(16)17(14,3)4/h3*5-10H,1-4H3. The maximum atomic E-state index is 2.33. The van der Waals surface area contributed by atoms with E-state index in [1.807, 2.05) is 0 Å². The van der Waals surface area contributed by atoms with Crippen LogP contribution < -0.4 is 0 Å². The zero-order valence-electron chi connectivity index (χ0n) is 32.9. The van der Waals surface area contributed by atoms with Gasteiger partial charge in [0.1, 0.15) is 0 Å². The van der Waals surface area contributed by atoms with Crippen molar-refractivity contribution in [1.82, 2.24) is 0 Å². The minimum atomic E-state index is 0.142. The average Bonchev–Trinajstić information content (AvgIpc) is 3.55. The summed E-state index contributed by atoms with van der Waals surface area (Å²) in [6.07, 6.45) is 0. The van der Waals surface area contributed by atoms with Gasteiger partial charge in [0.15, 0.2) is 0 Å². The molecule has 51 heavy (non-hydrogen) atoms. The maximum Gasteiger partial charge on any atom is 0.0159 e. The van der Waals surface area contributed by atoms with Gasteiger partial charge in [-0.2, -0.15) is 0 Å². The number of benzene rings is 6. The molecule has 0 unspecified atom stereocenters. The van der Waals surface area contributed by atoms with Crippen LogP contribution in [0, 0.1) is 41.5 Å². The van der Waals surface area contributed by atoms with Gasteiger partial charge >= 0.3 is 0 Å². The van der Waals surface area contributed by atoms with Crippen LogP contribution in [0.5, 0.6) is 0 Å². The molecule has 0 nitrogen and oxygen atoms in total. The van der Waals surface area contributed by atoms with Crippen LogP contribution in [0.15, 0.2) is 109 Å². The van der Waals surface area contributed by atoms with Crippen LogP contribution in [0.2, 0.25) is 0 Å². The molecule has 0 aromatic heterocycles. The predicted molar refractivity (Wildman–Crippen MR) is 220 cm³/mol. The Morgan fingerprint density at radius 1 is 0.294 bits per heavy atom. The monoisotopic (exact) mass is 666 g/mol. The zero-order chi connectivity index (χ0) is 36.6. The highest BCUT2D eigenvalue weighted by Crippen LogP contribution is 2.52. The zero-order valence-corrected chi connectivity index (χ0v) is 32.9. The van der Waals surface area contributed by atoms with Crippen molar-refractivity contribution in [2.24, 2.45) is 0 Å².